The number of hydrogen-bond donors (Lipinski definition) is 7. The zero-order valence-corrected chi connectivity index (χ0v) is 20.3. The molecule has 1 aromatic rings. The van der Waals surface area contributed by atoms with Crippen molar-refractivity contribution in [2.45, 2.75) is 70.1 Å². The molecule has 1 aromatic carbocycles. The summed E-state index contributed by atoms with van der Waals surface area (Å²) >= 11 is 0. The summed E-state index contributed by atoms with van der Waals surface area (Å²) in [7, 11) is 0. The lowest BCUT2D eigenvalue weighted by Crippen LogP contribution is -2.57. The smallest absolute Gasteiger partial charge is 0.326 e. The van der Waals surface area contributed by atoms with Gasteiger partial charge in [-0.15, -0.1) is 0 Å². The number of aromatic hydroxyl groups is 1. The highest BCUT2D eigenvalue weighted by atomic mass is 16.4. The van der Waals surface area contributed by atoms with Gasteiger partial charge in [0, 0.05) is 6.42 Å². The topological polar surface area (TPSA) is 194 Å². The fraction of sp³-hybridized carbons (Fsp3) is 0.542. The molecule has 0 radical (unpaired) electrons. The number of hydrogen-bond acceptors (Lipinski definition) is 7. The minimum absolute atomic E-state index is 0.00559. The Bertz CT molecular complexity index is 944. The average Bonchev–Trinajstić information content (AvgIpc) is 3.33. The van der Waals surface area contributed by atoms with Crippen LogP contribution in [-0.2, 0) is 30.4 Å². The molecule has 198 valence electrons. The van der Waals surface area contributed by atoms with Crippen molar-refractivity contribution >= 4 is 29.7 Å². The number of phenols is 1. The van der Waals surface area contributed by atoms with Crippen molar-refractivity contribution in [2.24, 2.45) is 5.92 Å². The number of benzene rings is 1. The summed E-state index contributed by atoms with van der Waals surface area (Å²) in [5.41, 5.74) is 0.513. The molecule has 1 heterocycles. The first-order valence-electron chi connectivity index (χ1n) is 11.8. The molecule has 2 rings (SSSR count). The molecule has 0 aromatic heterocycles. The minimum Gasteiger partial charge on any atom is -0.508 e. The van der Waals surface area contributed by atoms with Crippen molar-refractivity contribution in [1.29, 1.82) is 0 Å². The van der Waals surface area contributed by atoms with Gasteiger partial charge in [0.25, 0.3) is 0 Å². The fourth-order valence-corrected chi connectivity index (χ4v) is 3.88. The first kappa shape index (κ1) is 28.6. The molecular formula is C24H34N4O8. The third-order valence-corrected chi connectivity index (χ3v) is 5.72. The average molecular weight is 507 g/mol. The number of carbonyl (C=O) groups excluding carboxylic acids is 3. The molecule has 0 spiro atoms. The van der Waals surface area contributed by atoms with Crippen LogP contribution in [-0.4, -0.2) is 75.7 Å². The van der Waals surface area contributed by atoms with Gasteiger partial charge in [0.15, 0.2) is 0 Å². The van der Waals surface area contributed by atoms with Crippen LogP contribution in [0.4, 0.5) is 0 Å². The van der Waals surface area contributed by atoms with E-state index in [0.717, 1.165) is 6.42 Å². The van der Waals surface area contributed by atoms with Gasteiger partial charge in [-0.2, -0.15) is 0 Å². The summed E-state index contributed by atoms with van der Waals surface area (Å²) in [4.78, 5) is 61.5. The largest absolute Gasteiger partial charge is 0.508 e. The maximum absolute atomic E-state index is 13.0. The van der Waals surface area contributed by atoms with E-state index in [9.17, 15) is 39.3 Å². The Morgan fingerprint density at radius 1 is 0.944 bits per heavy atom. The van der Waals surface area contributed by atoms with Crippen molar-refractivity contribution in [2.75, 3.05) is 6.54 Å². The monoisotopic (exact) mass is 506 g/mol. The Labute approximate surface area is 208 Å². The zero-order valence-electron chi connectivity index (χ0n) is 20.3. The van der Waals surface area contributed by atoms with E-state index in [-0.39, 0.29) is 30.4 Å². The van der Waals surface area contributed by atoms with Crippen LogP contribution < -0.4 is 21.3 Å². The Morgan fingerprint density at radius 3 is 2.08 bits per heavy atom. The molecule has 0 bridgehead atoms. The molecule has 36 heavy (non-hydrogen) atoms. The van der Waals surface area contributed by atoms with Gasteiger partial charge in [0.2, 0.25) is 17.7 Å². The highest BCUT2D eigenvalue weighted by Crippen LogP contribution is 2.12. The molecule has 7 N–H and O–H groups in total. The molecule has 0 aliphatic carbocycles. The second kappa shape index (κ2) is 13.4. The number of aliphatic carboxylic acids is 2. The number of carbonyl (C=O) groups is 5. The van der Waals surface area contributed by atoms with Crippen LogP contribution in [0.5, 0.6) is 5.75 Å². The lowest BCUT2D eigenvalue weighted by molar-refractivity contribution is -0.143. The maximum atomic E-state index is 13.0. The van der Waals surface area contributed by atoms with Crippen molar-refractivity contribution < 1.29 is 39.3 Å². The Morgan fingerprint density at radius 2 is 1.56 bits per heavy atom. The van der Waals surface area contributed by atoms with E-state index in [1.165, 1.54) is 24.3 Å². The molecule has 12 nitrogen and oxygen atoms in total. The van der Waals surface area contributed by atoms with Crippen LogP contribution in [0.1, 0.15) is 45.1 Å². The lowest BCUT2D eigenvalue weighted by atomic mass is 10.0. The van der Waals surface area contributed by atoms with Crippen molar-refractivity contribution in [3.63, 3.8) is 0 Å². The van der Waals surface area contributed by atoms with Gasteiger partial charge >= 0.3 is 11.9 Å². The Balaban J connectivity index is 2.12. The first-order valence-corrected chi connectivity index (χ1v) is 11.8. The number of nitrogens with one attached hydrogen (secondary N) is 4. The molecule has 1 aliphatic heterocycles. The van der Waals surface area contributed by atoms with Crippen LogP contribution in [0.25, 0.3) is 0 Å². The predicted molar refractivity (Wildman–Crippen MR) is 128 cm³/mol. The molecule has 1 fully saturated rings. The summed E-state index contributed by atoms with van der Waals surface area (Å²) < 4.78 is 0. The van der Waals surface area contributed by atoms with E-state index in [1.54, 1.807) is 0 Å². The second-order valence-electron chi connectivity index (χ2n) is 9.27. The number of amides is 3. The number of carboxylic acid groups (broad SMARTS) is 2. The van der Waals surface area contributed by atoms with Gasteiger partial charge in [-0.3, -0.25) is 19.2 Å². The van der Waals surface area contributed by atoms with Crippen LogP contribution in [0.15, 0.2) is 24.3 Å². The predicted octanol–water partition coefficient (Wildman–Crippen LogP) is -0.253. The van der Waals surface area contributed by atoms with Crippen molar-refractivity contribution in [1.82, 2.24) is 21.3 Å². The van der Waals surface area contributed by atoms with Gasteiger partial charge in [-0.25, -0.2) is 4.79 Å². The summed E-state index contributed by atoms with van der Waals surface area (Å²) in [6, 6.07) is 1.32. The summed E-state index contributed by atoms with van der Waals surface area (Å²) in [5.74, 6) is -4.80. The van der Waals surface area contributed by atoms with Gasteiger partial charge in [0.05, 0.1) is 12.5 Å². The van der Waals surface area contributed by atoms with E-state index in [0.29, 0.717) is 18.5 Å². The van der Waals surface area contributed by atoms with E-state index in [4.69, 9.17) is 0 Å². The molecule has 3 amide bonds. The SMILES string of the molecule is CC(C)CC(NC(=O)C1CCCN1)C(=O)NC(CC(=O)O)C(=O)NC(Cc1ccc(O)cc1)C(=O)O. The van der Waals surface area contributed by atoms with Crippen LogP contribution >= 0.6 is 0 Å². The standard InChI is InChI=1S/C24H34N4O8/c1-13(2)10-17(26-21(32)16-4-3-9-25-16)22(33)27-18(12-20(30)31)23(34)28-19(24(35)36)11-14-5-7-15(29)8-6-14/h5-8,13,16-19,25,29H,3-4,9-12H2,1-2H3,(H,26,32)(H,27,33)(H,28,34)(H,30,31)(H,35,36). The third kappa shape index (κ3) is 9.17. The summed E-state index contributed by atoms with van der Waals surface area (Å²) in [6.07, 6.45) is 0.799. The third-order valence-electron chi connectivity index (χ3n) is 5.72. The van der Waals surface area contributed by atoms with Gasteiger partial charge in [-0.05, 0) is 49.4 Å². The van der Waals surface area contributed by atoms with Crippen molar-refractivity contribution in [3.8, 4) is 5.75 Å². The van der Waals surface area contributed by atoms with Crippen LogP contribution in [0.3, 0.4) is 0 Å². The van der Waals surface area contributed by atoms with Gasteiger partial charge < -0.3 is 36.6 Å². The van der Waals surface area contributed by atoms with E-state index in [2.05, 4.69) is 21.3 Å². The molecule has 4 unspecified atom stereocenters. The van der Waals surface area contributed by atoms with Gasteiger partial charge in [0.1, 0.15) is 23.9 Å². The molecule has 12 heteroatoms. The lowest BCUT2D eigenvalue weighted by Gasteiger charge is -2.25. The van der Waals surface area contributed by atoms with Crippen molar-refractivity contribution in [3.05, 3.63) is 29.8 Å². The van der Waals surface area contributed by atoms with E-state index in [1.807, 2.05) is 13.8 Å². The highest BCUT2D eigenvalue weighted by molar-refractivity contribution is 5.95. The number of carboxylic acids is 2. The number of phenolic OH excluding ortho intramolecular Hbond substituents is 1. The molecule has 1 saturated heterocycles. The molecule has 0 saturated carbocycles. The van der Waals surface area contributed by atoms with Crippen LogP contribution in [0.2, 0.25) is 0 Å². The molecule has 4 atom stereocenters. The van der Waals surface area contributed by atoms with Gasteiger partial charge in [-0.1, -0.05) is 26.0 Å². The summed E-state index contributed by atoms with van der Waals surface area (Å²) in [6.45, 7) is 4.39. The normalized spacial score (nSPS) is 17.6. The molecule has 1 aliphatic rings. The quantitative estimate of drug-likeness (QED) is 0.189. The minimum atomic E-state index is -1.56. The summed E-state index contributed by atoms with van der Waals surface area (Å²) in [5, 5.41) is 38.6. The first-order chi connectivity index (χ1) is 17.0. The van der Waals surface area contributed by atoms with E-state index >= 15 is 0 Å². The Kier molecular flexibility index (Phi) is 10.7. The van der Waals surface area contributed by atoms with E-state index < -0.39 is 54.3 Å². The fourth-order valence-electron chi connectivity index (χ4n) is 3.88. The van der Waals surface area contributed by atoms with Crippen LogP contribution in [0, 0.1) is 5.92 Å². The second-order valence-corrected chi connectivity index (χ2v) is 9.27. The maximum Gasteiger partial charge on any atom is 0.326 e. The number of rotatable bonds is 13. The highest BCUT2D eigenvalue weighted by Gasteiger charge is 2.32. The Hall–Kier alpha value is -3.67. The zero-order chi connectivity index (χ0) is 26.8. The molecular weight excluding hydrogens is 472 g/mol.